The Hall–Kier alpha value is 0.326. The maximum Gasteiger partial charge on any atom is 1.00 e. The van der Waals surface area contributed by atoms with Crippen LogP contribution in [0.2, 0.25) is 0 Å². The first-order valence-corrected chi connectivity index (χ1v) is 5.79. The van der Waals surface area contributed by atoms with Gasteiger partial charge in [-0.25, -0.2) is 0 Å². The smallest absolute Gasteiger partial charge is 0.665 e. The average molecular weight is 260 g/mol. The van der Waals surface area contributed by atoms with Gasteiger partial charge in [0.05, 0.1) is 5.75 Å². The van der Waals surface area contributed by atoms with Crippen molar-refractivity contribution in [2.45, 2.75) is 40.0 Å². The molecule has 3 heteroatoms. The van der Waals surface area contributed by atoms with E-state index in [0.29, 0.717) is 18.6 Å². The molecular formula is C14H21KO2. The predicted molar refractivity (Wildman–Crippen MR) is 67.4 cm³/mol. The fourth-order valence-corrected chi connectivity index (χ4v) is 1.25. The molecule has 0 atom stereocenters. The molecule has 0 fully saturated rings. The van der Waals surface area contributed by atoms with Crippen LogP contribution in [0.25, 0.3) is 0 Å². The van der Waals surface area contributed by atoms with Crippen molar-refractivity contribution in [1.29, 1.82) is 0 Å². The quantitative estimate of drug-likeness (QED) is 0.578. The second-order valence-corrected chi connectivity index (χ2v) is 3.18. The molecule has 0 amide bonds. The van der Waals surface area contributed by atoms with Crippen LogP contribution in [0.15, 0.2) is 24.3 Å². The van der Waals surface area contributed by atoms with Crippen molar-refractivity contribution in [3.8, 4) is 5.75 Å². The van der Waals surface area contributed by atoms with Gasteiger partial charge >= 0.3 is 51.4 Å². The van der Waals surface area contributed by atoms with Crippen molar-refractivity contribution in [3.05, 3.63) is 36.9 Å². The van der Waals surface area contributed by atoms with Crippen molar-refractivity contribution in [1.82, 2.24) is 0 Å². The van der Waals surface area contributed by atoms with Crippen molar-refractivity contribution in [2.24, 2.45) is 0 Å². The maximum atomic E-state index is 11.1. The summed E-state index contributed by atoms with van der Waals surface area (Å²) in [4.78, 5) is 11.1. The van der Waals surface area contributed by atoms with Crippen LogP contribution in [0.4, 0.5) is 0 Å². The van der Waals surface area contributed by atoms with E-state index in [4.69, 9.17) is 4.74 Å². The third-order valence-corrected chi connectivity index (χ3v) is 2.15. The van der Waals surface area contributed by atoms with Gasteiger partial charge in [0.2, 0.25) is 0 Å². The number of carbonyl (C=O) groups is 1. The normalized spacial score (nSPS) is 8.47. The van der Waals surface area contributed by atoms with Gasteiger partial charge in [-0.15, -0.1) is 0 Å². The van der Waals surface area contributed by atoms with Crippen LogP contribution < -0.4 is 56.1 Å². The van der Waals surface area contributed by atoms with Gasteiger partial charge in [-0.2, -0.15) is 7.11 Å². The van der Waals surface area contributed by atoms with Gasteiger partial charge in [-0.3, -0.25) is 4.79 Å². The molecule has 90 valence electrons. The summed E-state index contributed by atoms with van der Waals surface area (Å²) >= 11 is 0. The molecule has 0 saturated carbocycles. The molecule has 0 aromatic heterocycles. The first-order chi connectivity index (χ1) is 7.76. The monoisotopic (exact) mass is 260 g/mol. The Morgan fingerprint density at radius 1 is 1.35 bits per heavy atom. The van der Waals surface area contributed by atoms with Crippen molar-refractivity contribution >= 4 is 5.78 Å². The van der Waals surface area contributed by atoms with Crippen molar-refractivity contribution < 1.29 is 60.9 Å². The van der Waals surface area contributed by atoms with Gasteiger partial charge in [-0.05, 0) is 24.1 Å². The molecule has 0 aliphatic rings. The summed E-state index contributed by atoms with van der Waals surface area (Å²) in [6.45, 7) is 5.89. The molecule has 0 N–H and O–H groups in total. The summed E-state index contributed by atoms with van der Waals surface area (Å²) in [5.74, 6) is 1.04. The standard InChI is InChI=1S/C12H15O2.C2H6.K/c1-3-11(13)8-7-10-5-4-6-12(9-10)14-2;1-2;/h4-6,9H,2-3,7-8H2,1H3;1-2H3;/q-1;;+1. The zero-order valence-corrected chi connectivity index (χ0v) is 14.6. The summed E-state index contributed by atoms with van der Waals surface area (Å²) in [5.41, 5.74) is 1.12. The summed E-state index contributed by atoms with van der Waals surface area (Å²) in [5, 5.41) is 0. The van der Waals surface area contributed by atoms with Crippen LogP contribution in [0.3, 0.4) is 0 Å². The fourth-order valence-electron chi connectivity index (χ4n) is 1.25. The van der Waals surface area contributed by atoms with Crippen LogP contribution in [-0.4, -0.2) is 5.78 Å². The van der Waals surface area contributed by atoms with Crippen LogP contribution in [0.5, 0.6) is 5.75 Å². The average Bonchev–Trinajstić information content (AvgIpc) is 2.38. The SMILES string of the molecule is CC.[CH2-]Oc1cccc(CCC(=O)CC)c1.[K+]. The Bertz CT molecular complexity index is 311. The molecule has 1 rings (SSSR count). The molecule has 17 heavy (non-hydrogen) atoms. The number of benzene rings is 1. The topological polar surface area (TPSA) is 26.3 Å². The molecule has 0 aliphatic heterocycles. The van der Waals surface area contributed by atoms with Crippen molar-refractivity contribution in [2.75, 3.05) is 0 Å². The Kier molecular flexibility index (Phi) is 14.8. The number of hydrogen-bond acceptors (Lipinski definition) is 2. The van der Waals surface area contributed by atoms with Gasteiger partial charge in [-0.1, -0.05) is 32.9 Å². The van der Waals surface area contributed by atoms with E-state index >= 15 is 0 Å². The molecule has 0 radical (unpaired) electrons. The Labute approximate surface area is 148 Å². The van der Waals surface area contributed by atoms with E-state index in [1.807, 2.05) is 45.0 Å². The van der Waals surface area contributed by atoms with E-state index in [-0.39, 0.29) is 51.4 Å². The molecule has 0 bridgehead atoms. The third-order valence-electron chi connectivity index (χ3n) is 2.15. The minimum Gasteiger partial charge on any atom is -0.665 e. The number of hydrogen-bond donors (Lipinski definition) is 0. The fraction of sp³-hybridized carbons (Fsp3) is 0.429. The minimum atomic E-state index is 0. The summed E-state index contributed by atoms with van der Waals surface area (Å²) in [6.07, 6.45) is 2.01. The van der Waals surface area contributed by atoms with Gasteiger partial charge in [0.1, 0.15) is 5.78 Å². The van der Waals surface area contributed by atoms with E-state index in [0.717, 1.165) is 17.7 Å². The van der Waals surface area contributed by atoms with Crippen molar-refractivity contribution in [3.63, 3.8) is 0 Å². The molecule has 0 spiro atoms. The van der Waals surface area contributed by atoms with E-state index < -0.39 is 0 Å². The molecule has 0 aliphatic carbocycles. The Morgan fingerprint density at radius 2 is 2.00 bits per heavy atom. The molecule has 1 aromatic rings. The van der Waals surface area contributed by atoms with E-state index in [1.165, 1.54) is 0 Å². The Morgan fingerprint density at radius 3 is 2.53 bits per heavy atom. The zero-order valence-electron chi connectivity index (χ0n) is 11.5. The van der Waals surface area contributed by atoms with Crippen LogP contribution in [0, 0.1) is 7.11 Å². The Balaban J connectivity index is 0. The molecular weight excluding hydrogens is 239 g/mol. The van der Waals surface area contributed by atoms with Crippen LogP contribution >= 0.6 is 0 Å². The zero-order chi connectivity index (χ0) is 12.4. The minimum absolute atomic E-state index is 0. The van der Waals surface area contributed by atoms with E-state index in [2.05, 4.69) is 7.11 Å². The summed E-state index contributed by atoms with van der Waals surface area (Å²) in [6, 6.07) is 7.66. The molecule has 0 heterocycles. The molecule has 2 nitrogen and oxygen atoms in total. The van der Waals surface area contributed by atoms with E-state index in [1.54, 1.807) is 0 Å². The second kappa shape index (κ2) is 12.8. The van der Waals surface area contributed by atoms with Crippen LogP contribution in [0.1, 0.15) is 39.2 Å². The number of Topliss-reactive ketones (excluding diaryl/α,β-unsaturated/α-hetero) is 1. The van der Waals surface area contributed by atoms with Gasteiger partial charge < -0.3 is 4.74 Å². The number of ether oxygens (including phenoxy) is 1. The summed E-state index contributed by atoms with van der Waals surface area (Å²) in [7, 11) is 3.34. The van der Waals surface area contributed by atoms with Gasteiger partial charge in [0.25, 0.3) is 0 Å². The molecule has 1 aromatic carbocycles. The number of carbonyl (C=O) groups excluding carboxylic acids is 1. The summed E-state index contributed by atoms with van der Waals surface area (Å²) < 4.78 is 4.85. The molecule has 0 saturated heterocycles. The third kappa shape index (κ3) is 8.97. The first-order valence-electron chi connectivity index (χ1n) is 5.79. The predicted octanol–water partition coefficient (Wildman–Crippen LogP) is 0.799. The molecule has 0 unspecified atom stereocenters. The number of rotatable bonds is 5. The maximum absolute atomic E-state index is 11.1. The van der Waals surface area contributed by atoms with Gasteiger partial charge in [0.15, 0.2) is 0 Å². The first kappa shape index (κ1) is 19.7. The largest absolute Gasteiger partial charge is 1.00 e. The van der Waals surface area contributed by atoms with E-state index in [9.17, 15) is 4.79 Å². The van der Waals surface area contributed by atoms with Crippen LogP contribution in [-0.2, 0) is 11.2 Å². The number of ketones is 1. The van der Waals surface area contributed by atoms with Gasteiger partial charge in [0, 0.05) is 12.8 Å². The second-order valence-electron chi connectivity index (χ2n) is 3.18. The number of aryl methyl sites for hydroxylation is 1.